The lowest BCUT2D eigenvalue weighted by Crippen LogP contribution is -2.36. The van der Waals surface area contributed by atoms with Crippen LogP contribution in [-0.2, 0) is 17.1 Å². The third kappa shape index (κ3) is 3.82. The number of imidazole rings is 1. The predicted octanol–water partition coefficient (Wildman–Crippen LogP) is 3.96. The Hall–Kier alpha value is -2.42. The first-order chi connectivity index (χ1) is 14.3. The highest BCUT2D eigenvalue weighted by molar-refractivity contribution is 7.89. The lowest BCUT2D eigenvalue weighted by molar-refractivity contribution is 0.102. The summed E-state index contributed by atoms with van der Waals surface area (Å²) in [5.74, 6) is -0.0622. The van der Waals surface area contributed by atoms with Crippen LogP contribution in [-0.4, -0.2) is 41.3 Å². The van der Waals surface area contributed by atoms with Gasteiger partial charge in [-0.25, -0.2) is 13.4 Å². The number of carbonyl (C=O) groups excluding carboxylic acids is 1. The Morgan fingerprint density at radius 2 is 1.83 bits per heavy atom. The van der Waals surface area contributed by atoms with E-state index in [4.69, 9.17) is 11.6 Å². The second-order valence-corrected chi connectivity index (χ2v) is 9.87. The van der Waals surface area contributed by atoms with Crippen LogP contribution in [0.1, 0.15) is 35.2 Å². The summed E-state index contributed by atoms with van der Waals surface area (Å²) >= 11 is 6.02. The fourth-order valence-corrected chi connectivity index (χ4v) is 5.66. The molecule has 1 fully saturated rings. The summed E-state index contributed by atoms with van der Waals surface area (Å²) in [7, 11) is -1.85. The molecule has 4 rings (SSSR count). The highest BCUT2D eigenvalue weighted by Gasteiger charge is 2.28. The molecule has 2 aromatic carbocycles. The Morgan fingerprint density at radius 1 is 1.10 bits per heavy atom. The molecule has 1 aromatic heterocycles. The second-order valence-electron chi connectivity index (χ2n) is 7.53. The van der Waals surface area contributed by atoms with Crippen LogP contribution in [0.15, 0.2) is 41.3 Å². The Balaban J connectivity index is 1.64. The average Bonchev–Trinajstić information content (AvgIpc) is 3.03. The molecule has 158 valence electrons. The van der Waals surface area contributed by atoms with Crippen molar-refractivity contribution in [1.82, 2.24) is 13.9 Å². The first-order valence-corrected chi connectivity index (χ1v) is 11.6. The molecule has 0 saturated carbocycles. The minimum absolute atomic E-state index is 0.175. The van der Waals surface area contributed by atoms with Crippen molar-refractivity contribution in [2.75, 3.05) is 18.4 Å². The molecule has 0 spiro atoms. The van der Waals surface area contributed by atoms with Crippen LogP contribution in [0.25, 0.3) is 11.0 Å². The molecular formula is C21H23ClN4O3S. The molecule has 3 aromatic rings. The molecule has 0 bridgehead atoms. The summed E-state index contributed by atoms with van der Waals surface area (Å²) in [5.41, 5.74) is 2.38. The van der Waals surface area contributed by atoms with Gasteiger partial charge in [-0.1, -0.05) is 24.1 Å². The van der Waals surface area contributed by atoms with Crippen molar-refractivity contribution in [2.45, 2.75) is 31.1 Å². The number of benzene rings is 2. The van der Waals surface area contributed by atoms with Crippen LogP contribution in [0.2, 0.25) is 5.02 Å². The van der Waals surface area contributed by atoms with Crippen molar-refractivity contribution in [3.05, 3.63) is 52.5 Å². The maximum Gasteiger partial charge on any atom is 0.258 e. The number of nitrogens with one attached hydrogen (secondary N) is 1. The first kappa shape index (κ1) is 20.8. The largest absolute Gasteiger partial charge is 0.313 e. The fraction of sp³-hybridized carbons (Fsp3) is 0.333. The van der Waals surface area contributed by atoms with E-state index in [0.717, 1.165) is 24.8 Å². The predicted molar refractivity (Wildman–Crippen MR) is 117 cm³/mol. The molecule has 1 aliphatic rings. The number of aryl methyl sites for hydroxylation is 2. The van der Waals surface area contributed by atoms with E-state index < -0.39 is 15.9 Å². The number of piperidine rings is 1. The number of amides is 1. The van der Waals surface area contributed by atoms with Crippen LogP contribution in [0, 0.1) is 6.92 Å². The van der Waals surface area contributed by atoms with Gasteiger partial charge in [-0.15, -0.1) is 0 Å². The summed E-state index contributed by atoms with van der Waals surface area (Å²) < 4.78 is 29.5. The summed E-state index contributed by atoms with van der Waals surface area (Å²) in [6, 6.07) is 10.1. The zero-order chi connectivity index (χ0) is 21.5. The third-order valence-electron chi connectivity index (χ3n) is 5.45. The van der Waals surface area contributed by atoms with Crippen molar-refractivity contribution in [1.29, 1.82) is 0 Å². The molecule has 0 unspecified atom stereocenters. The number of aromatic nitrogens is 2. The van der Waals surface area contributed by atoms with E-state index in [1.807, 2.05) is 6.07 Å². The summed E-state index contributed by atoms with van der Waals surface area (Å²) in [6.45, 7) is 2.77. The lowest BCUT2D eigenvalue weighted by Gasteiger charge is -2.26. The van der Waals surface area contributed by atoms with E-state index in [1.54, 1.807) is 42.8 Å². The zero-order valence-electron chi connectivity index (χ0n) is 16.9. The number of sulfonamides is 1. The van der Waals surface area contributed by atoms with Gasteiger partial charge >= 0.3 is 0 Å². The minimum Gasteiger partial charge on any atom is -0.313 e. The van der Waals surface area contributed by atoms with Gasteiger partial charge in [0.15, 0.2) is 0 Å². The van der Waals surface area contributed by atoms with Crippen molar-refractivity contribution in [3.8, 4) is 0 Å². The summed E-state index contributed by atoms with van der Waals surface area (Å²) in [6.07, 6.45) is 2.75. The maximum atomic E-state index is 13.1. The highest BCUT2D eigenvalue weighted by atomic mass is 35.5. The minimum atomic E-state index is -3.64. The maximum absolute atomic E-state index is 13.1. The van der Waals surface area contributed by atoms with Crippen LogP contribution in [0.3, 0.4) is 0 Å². The molecule has 30 heavy (non-hydrogen) atoms. The molecule has 0 aliphatic carbocycles. The number of fused-ring (bicyclic) bond motifs is 1. The topological polar surface area (TPSA) is 84.3 Å². The molecule has 7 nitrogen and oxygen atoms in total. The number of hydrogen-bond acceptors (Lipinski definition) is 4. The van der Waals surface area contributed by atoms with Gasteiger partial charge in [0, 0.05) is 30.7 Å². The van der Waals surface area contributed by atoms with Crippen LogP contribution in [0.4, 0.5) is 5.95 Å². The van der Waals surface area contributed by atoms with Gasteiger partial charge in [0.25, 0.3) is 5.91 Å². The van der Waals surface area contributed by atoms with Crippen molar-refractivity contribution >= 4 is 44.5 Å². The van der Waals surface area contributed by atoms with Gasteiger partial charge in [-0.3, -0.25) is 10.1 Å². The smallest absolute Gasteiger partial charge is 0.258 e. The Kier molecular flexibility index (Phi) is 5.57. The first-order valence-electron chi connectivity index (χ1n) is 9.81. The van der Waals surface area contributed by atoms with Crippen molar-refractivity contribution < 1.29 is 13.2 Å². The fourth-order valence-electron chi connectivity index (χ4n) is 3.72. The normalized spacial score (nSPS) is 15.4. The number of hydrogen-bond donors (Lipinski definition) is 1. The molecule has 9 heteroatoms. The Morgan fingerprint density at radius 3 is 2.57 bits per heavy atom. The Labute approximate surface area is 180 Å². The molecule has 0 radical (unpaired) electrons. The van der Waals surface area contributed by atoms with E-state index in [-0.39, 0.29) is 10.5 Å². The van der Waals surface area contributed by atoms with E-state index in [1.165, 1.54) is 10.4 Å². The second kappa shape index (κ2) is 8.02. The van der Waals surface area contributed by atoms with Gasteiger partial charge in [-0.2, -0.15) is 4.31 Å². The standard InChI is InChI=1S/C21H23ClN4O3S/c1-14-6-7-15(12-19(14)30(28,29)26-10-4-3-5-11-26)20(27)24-21-23-17-13-16(22)8-9-18(17)25(21)2/h6-9,12-13H,3-5,10-11H2,1-2H3,(H,23,24,27). The molecule has 1 amide bonds. The highest BCUT2D eigenvalue weighted by Crippen LogP contribution is 2.26. The van der Waals surface area contributed by atoms with E-state index in [2.05, 4.69) is 10.3 Å². The van der Waals surface area contributed by atoms with Gasteiger partial charge < -0.3 is 4.57 Å². The molecule has 0 atom stereocenters. The number of anilines is 1. The summed E-state index contributed by atoms with van der Waals surface area (Å²) in [4.78, 5) is 17.5. The molecular weight excluding hydrogens is 424 g/mol. The van der Waals surface area contributed by atoms with Crippen molar-refractivity contribution in [3.63, 3.8) is 0 Å². The monoisotopic (exact) mass is 446 g/mol. The van der Waals surface area contributed by atoms with Gasteiger partial charge in [0.05, 0.1) is 15.9 Å². The molecule has 1 aliphatic heterocycles. The van der Waals surface area contributed by atoms with E-state index >= 15 is 0 Å². The van der Waals surface area contributed by atoms with Crippen LogP contribution >= 0.6 is 11.6 Å². The van der Waals surface area contributed by atoms with Gasteiger partial charge in [0.2, 0.25) is 16.0 Å². The lowest BCUT2D eigenvalue weighted by atomic mass is 10.1. The van der Waals surface area contributed by atoms with Crippen LogP contribution < -0.4 is 5.32 Å². The number of carbonyl (C=O) groups is 1. The zero-order valence-corrected chi connectivity index (χ0v) is 18.4. The van der Waals surface area contributed by atoms with E-state index in [9.17, 15) is 13.2 Å². The summed E-state index contributed by atoms with van der Waals surface area (Å²) in [5, 5.41) is 3.33. The van der Waals surface area contributed by atoms with E-state index in [0.29, 0.717) is 35.1 Å². The quantitative estimate of drug-likeness (QED) is 0.657. The Bertz CT molecular complexity index is 1230. The number of nitrogens with zero attached hydrogens (tertiary/aromatic N) is 3. The third-order valence-corrected chi connectivity index (χ3v) is 7.73. The van der Waals surface area contributed by atoms with Gasteiger partial charge in [-0.05, 0) is 55.7 Å². The molecule has 2 heterocycles. The average molecular weight is 447 g/mol. The van der Waals surface area contributed by atoms with Crippen LogP contribution in [0.5, 0.6) is 0 Å². The molecule has 1 N–H and O–H groups in total. The number of rotatable bonds is 4. The molecule has 1 saturated heterocycles. The van der Waals surface area contributed by atoms with Crippen molar-refractivity contribution in [2.24, 2.45) is 7.05 Å². The SMILES string of the molecule is Cc1ccc(C(=O)Nc2nc3cc(Cl)ccc3n2C)cc1S(=O)(=O)N1CCCCC1. The van der Waals surface area contributed by atoms with Gasteiger partial charge in [0.1, 0.15) is 0 Å². The number of halogens is 1.